The topological polar surface area (TPSA) is 124 Å². The molecule has 0 atom stereocenters. The monoisotopic (exact) mass is 378 g/mol. The van der Waals surface area contributed by atoms with E-state index in [1.807, 2.05) is 6.92 Å². The van der Waals surface area contributed by atoms with Crippen molar-refractivity contribution in [3.8, 4) is 0 Å². The Morgan fingerprint density at radius 3 is 2.81 bits per heavy atom. The number of H-pyrrole nitrogens is 1. The minimum absolute atomic E-state index is 0.0142. The highest BCUT2D eigenvalue weighted by molar-refractivity contribution is 5.95. The molecule has 0 unspecified atom stereocenters. The number of ether oxygens (including phenoxy) is 1. The van der Waals surface area contributed by atoms with Gasteiger partial charge in [0, 0.05) is 33.0 Å². The van der Waals surface area contributed by atoms with Gasteiger partial charge in [0.25, 0.3) is 5.56 Å². The number of carbonyl (C=O) groups excluding carboxylic acids is 1. The van der Waals surface area contributed by atoms with Crippen molar-refractivity contribution in [1.82, 2.24) is 9.55 Å². The number of amides is 1. The van der Waals surface area contributed by atoms with E-state index < -0.39 is 11.2 Å². The van der Waals surface area contributed by atoms with Crippen molar-refractivity contribution in [2.24, 2.45) is 0 Å². The Balaban J connectivity index is 2.35. The van der Waals surface area contributed by atoms with Crippen molar-refractivity contribution in [3.05, 3.63) is 45.0 Å². The summed E-state index contributed by atoms with van der Waals surface area (Å²) in [7, 11) is 1.50. The number of methoxy groups -OCH3 is 1. The third-order valence-corrected chi connectivity index (χ3v) is 4.20. The fourth-order valence-corrected chi connectivity index (χ4v) is 2.74. The van der Waals surface area contributed by atoms with Crippen LogP contribution in [0.3, 0.4) is 0 Å². The van der Waals surface area contributed by atoms with Crippen LogP contribution in [0.15, 0.2) is 32.4 Å². The number of rotatable bonds is 10. The first-order valence-electron chi connectivity index (χ1n) is 8.93. The van der Waals surface area contributed by atoms with Crippen LogP contribution in [0, 0.1) is 0 Å². The van der Waals surface area contributed by atoms with Gasteiger partial charge in [-0.15, -0.1) is 0 Å². The molecule has 0 fully saturated rings. The van der Waals surface area contributed by atoms with E-state index in [-0.39, 0.29) is 37.0 Å². The minimum Gasteiger partial charge on any atom is -0.469 e. The Hall–Kier alpha value is -2.81. The van der Waals surface area contributed by atoms with Gasteiger partial charge in [-0.25, -0.2) is 4.79 Å². The smallest absolute Gasteiger partial charge is 0.330 e. The van der Waals surface area contributed by atoms with Crippen molar-refractivity contribution in [2.75, 3.05) is 30.9 Å². The van der Waals surface area contributed by atoms with Crippen molar-refractivity contribution >= 4 is 17.4 Å². The molecule has 0 saturated heterocycles. The SMILES string of the molecule is CCCCn1c(N)c(N(CCOC)C(=O)CCc2ccco2)c(=O)[nH]c1=O. The minimum atomic E-state index is -0.687. The Kier molecular flexibility index (Phi) is 7.42. The average Bonchev–Trinajstić information content (AvgIpc) is 3.15. The van der Waals surface area contributed by atoms with Gasteiger partial charge in [0.15, 0.2) is 5.69 Å². The molecule has 0 aliphatic heterocycles. The second-order valence-corrected chi connectivity index (χ2v) is 6.12. The normalized spacial score (nSPS) is 10.9. The van der Waals surface area contributed by atoms with E-state index in [9.17, 15) is 14.4 Å². The van der Waals surface area contributed by atoms with Crippen LogP contribution < -0.4 is 21.9 Å². The van der Waals surface area contributed by atoms with E-state index in [1.165, 1.54) is 22.8 Å². The predicted molar refractivity (Wildman–Crippen MR) is 102 cm³/mol. The van der Waals surface area contributed by atoms with Gasteiger partial charge in [0.1, 0.15) is 11.6 Å². The largest absolute Gasteiger partial charge is 0.469 e. The average molecular weight is 378 g/mol. The first-order chi connectivity index (χ1) is 13.0. The van der Waals surface area contributed by atoms with E-state index in [4.69, 9.17) is 14.9 Å². The number of carbonyl (C=O) groups is 1. The van der Waals surface area contributed by atoms with Gasteiger partial charge >= 0.3 is 5.69 Å². The number of hydrogen-bond acceptors (Lipinski definition) is 6. The van der Waals surface area contributed by atoms with Crippen LogP contribution in [0.25, 0.3) is 0 Å². The van der Waals surface area contributed by atoms with Gasteiger partial charge in [-0.2, -0.15) is 0 Å². The molecule has 3 N–H and O–H groups in total. The van der Waals surface area contributed by atoms with E-state index >= 15 is 0 Å². The Labute approximate surface area is 156 Å². The molecule has 0 bridgehead atoms. The number of aromatic nitrogens is 2. The molecule has 9 nitrogen and oxygen atoms in total. The summed E-state index contributed by atoms with van der Waals surface area (Å²) in [5.41, 5.74) is 4.83. The van der Waals surface area contributed by atoms with Gasteiger partial charge in [0.2, 0.25) is 5.91 Å². The summed E-state index contributed by atoms with van der Waals surface area (Å²) >= 11 is 0. The maximum atomic E-state index is 12.8. The van der Waals surface area contributed by atoms with Crippen molar-refractivity contribution in [1.29, 1.82) is 0 Å². The van der Waals surface area contributed by atoms with Crippen LogP contribution in [0.2, 0.25) is 0 Å². The first-order valence-corrected chi connectivity index (χ1v) is 8.93. The van der Waals surface area contributed by atoms with Gasteiger partial charge in [0.05, 0.1) is 12.9 Å². The second-order valence-electron chi connectivity index (χ2n) is 6.12. The summed E-state index contributed by atoms with van der Waals surface area (Å²) < 4.78 is 11.6. The number of nitrogens with one attached hydrogen (secondary N) is 1. The summed E-state index contributed by atoms with van der Waals surface area (Å²) in [6, 6.07) is 3.52. The van der Waals surface area contributed by atoms with Gasteiger partial charge in [-0.3, -0.25) is 19.1 Å². The molecular formula is C18H26N4O5. The maximum absolute atomic E-state index is 12.8. The van der Waals surface area contributed by atoms with E-state index in [0.717, 1.165) is 12.8 Å². The number of unbranched alkanes of at least 4 members (excludes halogenated alkanes) is 1. The number of nitrogens with zero attached hydrogens (tertiary/aromatic N) is 2. The van der Waals surface area contributed by atoms with Crippen LogP contribution in [0.4, 0.5) is 11.5 Å². The molecule has 9 heteroatoms. The highest BCUT2D eigenvalue weighted by Gasteiger charge is 2.24. The molecule has 148 valence electrons. The number of nitrogen functional groups attached to an aromatic ring is 1. The Bertz CT molecular complexity index is 854. The molecule has 0 aromatic carbocycles. The fourth-order valence-electron chi connectivity index (χ4n) is 2.74. The number of aromatic amines is 1. The molecule has 2 heterocycles. The zero-order valence-electron chi connectivity index (χ0n) is 15.7. The standard InChI is InChI=1S/C18H26N4O5/c1-3-4-9-22-16(19)15(17(24)20-18(22)25)21(10-12-26-2)14(23)8-7-13-6-5-11-27-13/h5-6,11H,3-4,7-10,12,19H2,1-2H3,(H,20,24,25). The third kappa shape index (κ3) is 5.10. The fraction of sp³-hybridized carbons (Fsp3) is 0.500. The number of nitrogens with two attached hydrogens (primary N) is 1. The van der Waals surface area contributed by atoms with Gasteiger partial charge < -0.3 is 19.8 Å². The number of hydrogen-bond donors (Lipinski definition) is 2. The summed E-state index contributed by atoms with van der Waals surface area (Å²) in [6.45, 7) is 2.72. The number of aryl methyl sites for hydroxylation is 1. The highest BCUT2D eigenvalue weighted by Crippen LogP contribution is 2.19. The second kappa shape index (κ2) is 9.77. The summed E-state index contributed by atoms with van der Waals surface area (Å²) in [5.74, 6) is 0.353. The molecular weight excluding hydrogens is 352 g/mol. The molecule has 0 aliphatic carbocycles. The van der Waals surface area contributed by atoms with Gasteiger partial charge in [-0.1, -0.05) is 13.3 Å². The zero-order valence-corrected chi connectivity index (χ0v) is 15.7. The molecule has 0 saturated carbocycles. The Morgan fingerprint density at radius 2 is 2.19 bits per heavy atom. The van der Waals surface area contributed by atoms with Crippen molar-refractivity contribution in [2.45, 2.75) is 39.2 Å². The lowest BCUT2D eigenvalue weighted by atomic mass is 10.2. The quantitative estimate of drug-likeness (QED) is 0.639. The molecule has 2 aromatic rings. The molecule has 0 spiro atoms. The first kappa shape index (κ1) is 20.5. The van der Waals surface area contributed by atoms with Crippen LogP contribution >= 0.6 is 0 Å². The summed E-state index contributed by atoms with van der Waals surface area (Å²) in [4.78, 5) is 40.9. The molecule has 0 aliphatic rings. The Morgan fingerprint density at radius 1 is 1.41 bits per heavy atom. The molecule has 0 radical (unpaired) electrons. The number of furan rings is 1. The lowest BCUT2D eigenvalue weighted by Gasteiger charge is -2.24. The third-order valence-electron chi connectivity index (χ3n) is 4.20. The van der Waals surface area contributed by atoms with Crippen LogP contribution in [0.1, 0.15) is 31.9 Å². The van der Waals surface area contributed by atoms with Crippen LogP contribution in [-0.4, -0.2) is 35.7 Å². The summed E-state index contributed by atoms with van der Waals surface area (Å²) in [5, 5.41) is 0. The van der Waals surface area contributed by atoms with Gasteiger partial charge in [-0.05, 0) is 18.6 Å². The lowest BCUT2D eigenvalue weighted by molar-refractivity contribution is -0.118. The van der Waals surface area contributed by atoms with Crippen LogP contribution in [0.5, 0.6) is 0 Å². The lowest BCUT2D eigenvalue weighted by Crippen LogP contribution is -2.42. The maximum Gasteiger partial charge on any atom is 0.330 e. The highest BCUT2D eigenvalue weighted by atomic mass is 16.5. The molecule has 1 amide bonds. The van der Waals surface area contributed by atoms with Crippen LogP contribution in [-0.2, 0) is 22.5 Å². The zero-order chi connectivity index (χ0) is 19.8. The van der Waals surface area contributed by atoms with E-state index in [1.54, 1.807) is 12.1 Å². The predicted octanol–water partition coefficient (Wildman–Crippen LogP) is 1.12. The molecule has 27 heavy (non-hydrogen) atoms. The van der Waals surface area contributed by atoms with E-state index in [0.29, 0.717) is 18.7 Å². The molecule has 2 aromatic heterocycles. The van der Waals surface area contributed by atoms with E-state index in [2.05, 4.69) is 4.98 Å². The summed E-state index contributed by atoms with van der Waals surface area (Å²) in [6.07, 6.45) is 3.64. The van der Waals surface area contributed by atoms with Crippen molar-refractivity contribution < 1.29 is 13.9 Å². The number of anilines is 2. The molecule has 2 rings (SSSR count). The van der Waals surface area contributed by atoms with Crippen molar-refractivity contribution in [3.63, 3.8) is 0 Å².